The molecule has 1 aromatic heterocycles. The lowest BCUT2D eigenvalue weighted by Gasteiger charge is -2.14. The number of hydrogen-bond donors (Lipinski definition) is 1. The smallest absolute Gasteiger partial charge is 0.182 e. The Morgan fingerprint density at radius 3 is 2.50 bits per heavy atom. The maximum absolute atomic E-state index is 13.5. The van der Waals surface area contributed by atoms with Gasteiger partial charge >= 0.3 is 0 Å². The summed E-state index contributed by atoms with van der Waals surface area (Å²) in [7, 11) is 0. The van der Waals surface area contributed by atoms with Gasteiger partial charge in [0.1, 0.15) is 10.8 Å². The van der Waals surface area contributed by atoms with E-state index in [4.69, 9.17) is 0 Å². The first-order chi connectivity index (χ1) is 9.27. The molecule has 0 aliphatic rings. The van der Waals surface area contributed by atoms with Gasteiger partial charge in [0.15, 0.2) is 11.6 Å². The molecule has 0 amide bonds. The molecule has 20 heavy (non-hydrogen) atoms. The molecule has 2 rings (SSSR count). The first kappa shape index (κ1) is 14.8. The molecule has 0 fully saturated rings. The third-order valence-electron chi connectivity index (χ3n) is 2.74. The molecule has 2 nitrogen and oxygen atoms in total. The van der Waals surface area contributed by atoms with E-state index in [2.05, 4.69) is 10.3 Å². The summed E-state index contributed by atoms with van der Waals surface area (Å²) >= 11 is 1.43. The molecule has 108 valence electrons. The van der Waals surface area contributed by atoms with Gasteiger partial charge in [-0.3, -0.25) is 0 Å². The van der Waals surface area contributed by atoms with Crippen molar-refractivity contribution < 1.29 is 13.2 Å². The van der Waals surface area contributed by atoms with Crippen molar-refractivity contribution in [1.82, 2.24) is 4.98 Å². The molecule has 0 saturated heterocycles. The number of hydrogen-bond acceptors (Lipinski definition) is 3. The standard InChI is InChI=1S/C14H15F3N2S/c1-14(2,3)11-7-20-12(19-11)6-18-10-5-8(15)4-9(16)13(10)17/h4-5,7,18H,6H2,1-3H3. The van der Waals surface area contributed by atoms with Crippen molar-refractivity contribution in [1.29, 1.82) is 0 Å². The topological polar surface area (TPSA) is 24.9 Å². The first-order valence-electron chi connectivity index (χ1n) is 6.10. The SMILES string of the molecule is CC(C)(C)c1csc(CNc2cc(F)cc(F)c2F)n1. The van der Waals surface area contributed by atoms with Crippen LogP contribution in [0.2, 0.25) is 0 Å². The molecule has 0 atom stereocenters. The van der Waals surface area contributed by atoms with Crippen LogP contribution >= 0.6 is 11.3 Å². The molecule has 6 heteroatoms. The molecule has 1 heterocycles. The minimum atomic E-state index is -1.21. The molecule has 0 radical (unpaired) electrons. The predicted octanol–water partition coefficient (Wildman–Crippen LogP) is 4.47. The molecule has 0 saturated carbocycles. The molecule has 0 spiro atoms. The fraction of sp³-hybridized carbons (Fsp3) is 0.357. The maximum atomic E-state index is 13.5. The Labute approximate surface area is 119 Å². The normalized spacial score (nSPS) is 11.7. The predicted molar refractivity (Wildman–Crippen MR) is 74.5 cm³/mol. The second-order valence-electron chi connectivity index (χ2n) is 5.48. The van der Waals surface area contributed by atoms with E-state index in [0.717, 1.165) is 16.8 Å². The lowest BCUT2D eigenvalue weighted by Crippen LogP contribution is -2.12. The fourth-order valence-corrected chi connectivity index (χ4v) is 2.55. The van der Waals surface area contributed by atoms with Crippen LogP contribution in [0.5, 0.6) is 0 Å². The van der Waals surface area contributed by atoms with Gasteiger partial charge in [-0.05, 0) is 0 Å². The molecule has 0 aliphatic heterocycles. The zero-order valence-corrected chi connectivity index (χ0v) is 12.2. The summed E-state index contributed by atoms with van der Waals surface area (Å²) in [6.07, 6.45) is 0. The highest BCUT2D eigenvalue weighted by atomic mass is 32.1. The van der Waals surface area contributed by atoms with Crippen molar-refractivity contribution in [3.63, 3.8) is 0 Å². The highest BCUT2D eigenvalue weighted by molar-refractivity contribution is 7.09. The second-order valence-corrected chi connectivity index (χ2v) is 6.42. The van der Waals surface area contributed by atoms with Gasteiger partial charge < -0.3 is 5.32 Å². The fourth-order valence-electron chi connectivity index (χ4n) is 1.59. The van der Waals surface area contributed by atoms with Gasteiger partial charge in [-0.15, -0.1) is 11.3 Å². The Balaban J connectivity index is 2.11. The first-order valence-corrected chi connectivity index (χ1v) is 6.98. The lowest BCUT2D eigenvalue weighted by atomic mass is 9.93. The summed E-state index contributed by atoms with van der Waals surface area (Å²) in [6.45, 7) is 6.35. The van der Waals surface area contributed by atoms with Crippen LogP contribution in [0.3, 0.4) is 0 Å². The Hall–Kier alpha value is -1.56. The Morgan fingerprint density at radius 2 is 1.90 bits per heavy atom. The lowest BCUT2D eigenvalue weighted by molar-refractivity contribution is 0.497. The van der Waals surface area contributed by atoms with Crippen LogP contribution in [-0.2, 0) is 12.0 Å². The van der Waals surface area contributed by atoms with Crippen molar-refractivity contribution in [2.24, 2.45) is 0 Å². The van der Waals surface area contributed by atoms with E-state index in [0.29, 0.717) is 6.07 Å². The molecule has 1 aromatic carbocycles. The maximum Gasteiger partial charge on any atom is 0.182 e. The van der Waals surface area contributed by atoms with Gasteiger partial charge in [-0.1, -0.05) is 20.8 Å². The highest BCUT2D eigenvalue weighted by Gasteiger charge is 2.17. The van der Waals surface area contributed by atoms with E-state index in [1.165, 1.54) is 11.3 Å². The third kappa shape index (κ3) is 3.30. The van der Waals surface area contributed by atoms with Gasteiger partial charge in [0.25, 0.3) is 0 Å². The van der Waals surface area contributed by atoms with Crippen LogP contribution in [0.4, 0.5) is 18.9 Å². The van der Waals surface area contributed by atoms with Crippen LogP contribution in [0.15, 0.2) is 17.5 Å². The monoisotopic (exact) mass is 300 g/mol. The zero-order valence-electron chi connectivity index (χ0n) is 11.4. The second kappa shape index (κ2) is 5.44. The number of nitrogens with zero attached hydrogens (tertiary/aromatic N) is 1. The molecule has 1 N–H and O–H groups in total. The molecule has 0 aliphatic carbocycles. The van der Waals surface area contributed by atoms with E-state index in [9.17, 15) is 13.2 Å². The van der Waals surface area contributed by atoms with Crippen LogP contribution in [0, 0.1) is 17.5 Å². The third-order valence-corrected chi connectivity index (χ3v) is 3.59. The number of thiazole rings is 1. The average molecular weight is 300 g/mol. The van der Waals surface area contributed by atoms with Crippen molar-refractivity contribution in [2.45, 2.75) is 32.7 Å². The van der Waals surface area contributed by atoms with Gasteiger partial charge in [0, 0.05) is 22.9 Å². The summed E-state index contributed by atoms with van der Waals surface area (Å²) in [5.74, 6) is -3.11. The van der Waals surface area contributed by atoms with Gasteiger partial charge in [0.05, 0.1) is 17.9 Å². The largest absolute Gasteiger partial charge is 0.376 e. The zero-order chi connectivity index (χ0) is 14.9. The van der Waals surface area contributed by atoms with Gasteiger partial charge in [-0.2, -0.15) is 0 Å². The average Bonchev–Trinajstić information content (AvgIpc) is 2.80. The van der Waals surface area contributed by atoms with Crippen molar-refractivity contribution in [3.8, 4) is 0 Å². The summed E-state index contributed by atoms with van der Waals surface area (Å²) in [5.41, 5.74) is 0.672. The molecule has 2 aromatic rings. The van der Waals surface area contributed by atoms with Crippen molar-refractivity contribution in [2.75, 3.05) is 5.32 Å². The molecular weight excluding hydrogens is 285 g/mol. The summed E-state index contributed by atoms with van der Waals surface area (Å²) in [5, 5.41) is 5.33. The number of aromatic nitrogens is 1. The Morgan fingerprint density at radius 1 is 1.20 bits per heavy atom. The van der Waals surface area contributed by atoms with E-state index < -0.39 is 17.5 Å². The quantitative estimate of drug-likeness (QED) is 0.846. The van der Waals surface area contributed by atoms with Crippen LogP contribution in [-0.4, -0.2) is 4.98 Å². The van der Waals surface area contributed by atoms with Crippen LogP contribution < -0.4 is 5.32 Å². The van der Waals surface area contributed by atoms with Gasteiger partial charge in [0.2, 0.25) is 0 Å². The Kier molecular flexibility index (Phi) is 4.04. The van der Waals surface area contributed by atoms with E-state index >= 15 is 0 Å². The summed E-state index contributed by atoms with van der Waals surface area (Å²) < 4.78 is 39.6. The number of nitrogens with one attached hydrogen (secondary N) is 1. The van der Waals surface area contributed by atoms with Gasteiger partial charge in [-0.25, -0.2) is 18.2 Å². The Bertz CT molecular complexity index is 617. The summed E-state index contributed by atoms with van der Waals surface area (Å²) in [6, 6.07) is 1.44. The minimum Gasteiger partial charge on any atom is -0.376 e. The van der Waals surface area contributed by atoms with Crippen LogP contribution in [0.1, 0.15) is 31.5 Å². The van der Waals surface area contributed by atoms with E-state index in [1.54, 1.807) is 0 Å². The van der Waals surface area contributed by atoms with E-state index in [-0.39, 0.29) is 17.6 Å². The molecule has 0 bridgehead atoms. The summed E-state index contributed by atoms with van der Waals surface area (Å²) in [4.78, 5) is 4.42. The number of halogens is 3. The van der Waals surface area contributed by atoms with Crippen molar-refractivity contribution >= 4 is 17.0 Å². The number of benzene rings is 1. The molecule has 0 unspecified atom stereocenters. The number of rotatable bonds is 3. The highest BCUT2D eigenvalue weighted by Crippen LogP contribution is 2.25. The van der Waals surface area contributed by atoms with Crippen molar-refractivity contribution in [3.05, 3.63) is 45.7 Å². The van der Waals surface area contributed by atoms with Crippen LogP contribution in [0.25, 0.3) is 0 Å². The minimum absolute atomic E-state index is 0.0645. The number of anilines is 1. The van der Waals surface area contributed by atoms with E-state index in [1.807, 2.05) is 26.2 Å². The molecular formula is C14H15F3N2S.